The van der Waals surface area contributed by atoms with E-state index in [4.69, 9.17) is 0 Å². The third kappa shape index (κ3) is 8.98. The predicted octanol–water partition coefficient (Wildman–Crippen LogP) is 3.78. The molecular weight excluding hydrogens is 613 g/mol. The topological polar surface area (TPSA) is 12.9 Å². The summed E-state index contributed by atoms with van der Waals surface area (Å²) in [6, 6.07) is 34.7. The molecular formula is C34H35Cl2NSiZr-2. The molecule has 0 aliphatic rings. The van der Waals surface area contributed by atoms with Crippen molar-refractivity contribution in [1.29, 1.82) is 0 Å². The van der Waals surface area contributed by atoms with E-state index in [0.29, 0.717) is 0 Å². The van der Waals surface area contributed by atoms with Gasteiger partial charge in [0.15, 0.2) is 0 Å². The van der Waals surface area contributed by atoms with Crippen molar-refractivity contribution in [3.8, 4) is 11.1 Å². The van der Waals surface area contributed by atoms with Crippen LogP contribution in [0.15, 0.2) is 103 Å². The van der Waals surface area contributed by atoms with Gasteiger partial charge < -0.3 is 24.8 Å². The first kappa shape index (κ1) is 33.2. The summed E-state index contributed by atoms with van der Waals surface area (Å²) in [5.41, 5.74) is 6.60. The molecule has 0 aliphatic heterocycles. The summed E-state index contributed by atoms with van der Waals surface area (Å²) in [4.78, 5) is 4.62. The molecule has 0 fully saturated rings. The number of nitrogens with zero attached hydrogens (tertiary/aromatic N) is 1. The van der Waals surface area contributed by atoms with Crippen LogP contribution in [-0.2, 0) is 29.8 Å². The van der Waals surface area contributed by atoms with Gasteiger partial charge in [0.25, 0.3) is 0 Å². The quantitative estimate of drug-likeness (QED) is 0.210. The standard InChI is InChI=1S/C22H20N.C10H9.C2H6Si.2ClH.Zr/c1-2-3-7-16-14-18-9-5-11-19(21(18)15-16)20-12-4-8-17-10-6-13-23-22(17)20;1-8-6-9-4-2-3-5-10(9)7-8;1-3-2;;;/h4-6,8-15H,2-3,7H2,1H3;2-7H,1H3;1-2H3;2*1H;/q2*-1;;;;+2/p-2. The van der Waals surface area contributed by atoms with E-state index in [1.807, 2.05) is 12.3 Å². The number of fused-ring (bicyclic) bond motifs is 3. The van der Waals surface area contributed by atoms with Crippen LogP contribution >= 0.6 is 0 Å². The maximum Gasteiger partial charge on any atom is -0.0579 e. The van der Waals surface area contributed by atoms with Gasteiger partial charge in [-0.1, -0.05) is 68.7 Å². The van der Waals surface area contributed by atoms with Gasteiger partial charge >= 0.3 is 41.9 Å². The van der Waals surface area contributed by atoms with Crippen LogP contribution in [-0.4, -0.2) is 10.4 Å². The van der Waals surface area contributed by atoms with Crippen LogP contribution in [0.1, 0.15) is 30.9 Å². The van der Waals surface area contributed by atoms with E-state index in [1.54, 1.807) is 23.3 Å². The van der Waals surface area contributed by atoms with E-state index in [-0.39, 0.29) is 30.2 Å². The van der Waals surface area contributed by atoms with Crippen LogP contribution < -0.4 is 24.8 Å². The summed E-state index contributed by atoms with van der Waals surface area (Å²) in [5, 5.41) is 6.57. The van der Waals surface area contributed by atoms with Gasteiger partial charge in [0.2, 0.25) is 0 Å². The van der Waals surface area contributed by atoms with E-state index < -0.39 is 0 Å². The average molecular weight is 648 g/mol. The molecule has 0 amide bonds. The van der Waals surface area contributed by atoms with Gasteiger partial charge in [-0.25, -0.2) is 0 Å². The first-order valence-electron chi connectivity index (χ1n) is 13.1. The van der Waals surface area contributed by atoms with Crippen molar-refractivity contribution in [3.05, 3.63) is 114 Å². The zero-order chi connectivity index (χ0) is 26.2. The smallest absolute Gasteiger partial charge is 0.0579 e. The fourth-order valence-corrected chi connectivity index (χ4v) is 4.68. The van der Waals surface area contributed by atoms with E-state index >= 15 is 0 Å². The Bertz CT molecular complexity index is 1590. The molecule has 0 N–H and O–H groups in total. The number of aromatic nitrogens is 1. The maximum absolute atomic E-state index is 4.62. The predicted molar refractivity (Wildman–Crippen MR) is 161 cm³/mol. The van der Waals surface area contributed by atoms with E-state index in [9.17, 15) is 0 Å². The largest absolute Gasteiger partial charge is 1.00 e. The zero-order valence-corrected chi connectivity index (χ0v) is 28.1. The molecule has 0 aliphatic carbocycles. The number of rotatable bonds is 4. The third-order valence-electron chi connectivity index (χ3n) is 6.31. The Balaban J connectivity index is 0.000000279. The molecule has 5 heteroatoms. The molecule has 0 saturated heterocycles. The second-order valence-electron chi connectivity index (χ2n) is 9.82. The van der Waals surface area contributed by atoms with Crippen LogP contribution in [0.25, 0.3) is 43.6 Å². The summed E-state index contributed by atoms with van der Waals surface area (Å²) in [5.74, 6) is 0. The monoisotopic (exact) mass is 645 g/mol. The molecule has 0 radical (unpaired) electrons. The number of benzene rings is 3. The minimum Gasteiger partial charge on any atom is -1.00 e. The Morgan fingerprint density at radius 1 is 0.769 bits per heavy atom. The first-order chi connectivity index (χ1) is 18.0. The van der Waals surface area contributed by atoms with Gasteiger partial charge in [0.1, 0.15) is 0 Å². The molecule has 0 atom stereocenters. The number of unbranched alkanes of at least 4 members (excludes halogenated alkanes) is 1. The average Bonchev–Trinajstić information content (AvgIpc) is 3.49. The van der Waals surface area contributed by atoms with Gasteiger partial charge in [-0.2, -0.15) is 12.1 Å². The molecule has 0 saturated carbocycles. The molecule has 0 bridgehead atoms. The summed E-state index contributed by atoms with van der Waals surface area (Å²) in [6.07, 6.45) is 5.53. The Hall–Kier alpha value is -2.03. The molecule has 6 rings (SSSR count). The van der Waals surface area contributed by atoms with E-state index in [2.05, 4.69) is 123 Å². The Kier molecular flexibility index (Phi) is 13.9. The van der Waals surface area contributed by atoms with E-state index in [1.165, 1.54) is 68.4 Å². The summed E-state index contributed by atoms with van der Waals surface area (Å²) in [6.45, 7) is 8.99. The van der Waals surface area contributed by atoms with Gasteiger partial charge in [0.05, 0.1) is 5.52 Å². The minimum absolute atomic E-state index is 0. The Morgan fingerprint density at radius 3 is 2.15 bits per heavy atom. The molecule has 6 aromatic rings. The molecule has 1 nitrogen and oxygen atoms in total. The number of hydrogen-bond donors (Lipinski definition) is 0. The summed E-state index contributed by atoms with van der Waals surface area (Å²) < 4.78 is 0. The van der Waals surface area contributed by atoms with Crippen LogP contribution in [0.5, 0.6) is 0 Å². The minimum atomic E-state index is 0. The molecule has 0 unspecified atom stereocenters. The van der Waals surface area contributed by atoms with Crippen LogP contribution in [0.3, 0.4) is 0 Å². The fourth-order valence-electron chi connectivity index (χ4n) is 4.68. The normalized spacial score (nSPS) is 10.1. The van der Waals surface area contributed by atoms with Crippen molar-refractivity contribution in [2.24, 2.45) is 0 Å². The molecule has 1 aromatic heterocycles. The van der Waals surface area contributed by atoms with Crippen molar-refractivity contribution >= 4 is 37.9 Å². The van der Waals surface area contributed by atoms with Gasteiger partial charge in [-0.15, -0.1) is 75.1 Å². The molecule has 200 valence electrons. The number of hydrogen-bond acceptors (Lipinski definition) is 1. The number of aryl methyl sites for hydroxylation is 2. The Morgan fingerprint density at radius 2 is 1.41 bits per heavy atom. The SMILES string of the molecule is CCCCc1cc2c(-c3cccc4cccnc34)cccc2[cH-]1.C[Si](C)=[Zr+2].Cc1cc2ccccc2[cH-]1.[Cl-].[Cl-]. The maximum atomic E-state index is 4.62. The van der Waals surface area contributed by atoms with Crippen LogP contribution in [0.4, 0.5) is 0 Å². The fraction of sp³-hybridized carbons (Fsp3) is 0.206. The van der Waals surface area contributed by atoms with Crippen molar-refractivity contribution in [2.45, 2.75) is 46.2 Å². The summed E-state index contributed by atoms with van der Waals surface area (Å²) >= 11 is 1.74. The van der Waals surface area contributed by atoms with Gasteiger partial charge in [-0.3, -0.25) is 4.98 Å². The molecule has 0 spiro atoms. The van der Waals surface area contributed by atoms with Crippen LogP contribution in [0, 0.1) is 6.92 Å². The summed E-state index contributed by atoms with van der Waals surface area (Å²) in [7, 11) is 0. The van der Waals surface area contributed by atoms with Crippen molar-refractivity contribution in [1.82, 2.24) is 4.98 Å². The Labute approximate surface area is 261 Å². The van der Waals surface area contributed by atoms with Crippen molar-refractivity contribution < 1.29 is 48.1 Å². The molecule has 1 heterocycles. The van der Waals surface area contributed by atoms with Crippen LogP contribution in [0.2, 0.25) is 13.1 Å². The number of pyridine rings is 1. The molecule has 5 aromatic carbocycles. The van der Waals surface area contributed by atoms with E-state index in [0.717, 1.165) is 5.52 Å². The van der Waals surface area contributed by atoms with Crippen molar-refractivity contribution in [3.63, 3.8) is 0 Å². The number of halogens is 2. The number of para-hydroxylation sites is 1. The second-order valence-corrected chi connectivity index (χ2v) is 19.2. The van der Waals surface area contributed by atoms with Gasteiger partial charge in [0, 0.05) is 11.6 Å². The van der Waals surface area contributed by atoms with Gasteiger partial charge in [-0.05, 0) is 18.1 Å². The third-order valence-corrected chi connectivity index (χ3v) is 6.31. The van der Waals surface area contributed by atoms with Crippen molar-refractivity contribution in [2.75, 3.05) is 0 Å². The zero-order valence-electron chi connectivity index (χ0n) is 23.1. The first-order valence-corrected chi connectivity index (χ1v) is 19.3. The molecule has 39 heavy (non-hydrogen) atoms. The second kappa shape index (κ2) is 16.3.